The average Bonchev–Trinajstić information content (AvgIpc) is 2.46. The Labute approximate surface area is 129 Å². The molecule has 126 valence electrons. The molecule has 2 N–H and O–H groups in total. The number of aliphatic carboxylic acids is 1. The maximum absolute atomic E-state index is 12.0. The molecule has 0 aromatic heterocycles. The Morgan fingerprint density at radius 1 is 1.32 bits per heavy atom. The molecule has 22 heavy (non-hydrogen) atoms. The van der Waals surface area contributed by atoms with Crippen molar-refractivity contribution in [3.8, 4) is 0 Å². The molecule has 2 amide bonds. The van der Waals surface area contributed by atoms with Crippen molar-refractivity contribution in [3.63, 3.8) is 0 Å². The first-order chi connectivity index (χ1) is 10.4. The van der Waals surface area contributed by atoms with Gasteiger partial charge in [-0.1, -0.05) is 6.92 Å². The molecule has 8 nitrogen and oxygen atoms in total. The van der Waals surface area contributed by atoms with Crippen LogP contribution < -0.4 is 5.32 Å². The second-order valence-corrected chi connectivity index (χ2v) is 5.37. The third kappa shape index (κ3) is 6.30. The molecule has 0 bridgehead atoms. The van der Waals surface area contributed by atoms with Crippen LogP contribution >= 0.6 is 0 Å². The van der Waals surface area contributed by atoms with E-state index >= 15 is 0 Å². The van der Waals surface area contributed by atoms with Gasteiger partial charge in [0.25, 0.3) is 0 Å². The van der Waals surface area contributed by atoms with Crippen LogP contribution in [0.15, 0.2) is 0 Å². The molecule has 0 aromatic carbocycles. The first kappa shape index (κ1) is 18.2. The average molecular weight is 316 g/mol. The number of nitrogens with one attached hydrogen (secondary N) is 1. The highest BCUT2D eigenvalue weighted by molar-refractivity contribution is 5.76. The number of amides is 2. The third-order valence-corrected chi connectivity index (χ3v) is 3.34. The monoisotopic (exact) mass is 316 g/mol. The molecule has 8 heteroatoms. The van der Waals surface area contributed by atoms with Gasteiger partial charge >= 0.3 is 18.0 Å². The molecule has 1 rings (SSSR count). The van der Waals surface area contributed by atoms with E-state index < -0.39 is 17.9 Å². The number of carbonyl (C=O) groups excluding carboxylic acids is 2. The van der Waals surface area contributed by atoms with E-state index in [9.17, 15) is 14.4 Å². The van der Waals surface area contributed by atoms with Crippen molar-refractivity contribution in [2.45, 2.75) is 20.3 Å². The van der Waals surface area contributed by atoms with E-state index in [4.69, 9.17) is 14.6 Å². The summed E-state index contributed by atoms with van der Waals surface area (Å²) in [6, 6.07) is -0.308. The molecular formula is C14H24N2O6. The van der Waals surface area contributed by atoms with Gasteiger partial charge < -0.3 is 24.8 Å². The van der Waals surface area contributed by atoms with Crippen LogP contribution in [-0.2, 0) is 19.1 Å². The second-order valence-electron chi connectivity index (χ2n) is 5.37. The number of carboxylic acid groups (broad SMARTS) is 1. The first-order valence-electron chi connectivity index (χ1n) is 7.43. The van der Waals surface area contributed by atoms with Gasteiger partial charge in [0.05, 0.1) is 19.1 Å². The van der Waals surface area contributed by atoms with E-state index in [1.165, 1.54) is 4.90 Å². The summed E-state index contributed by atoms with van der Waals surface area (Å²) < 4.78 is 9.76. The zero-order chi connectivity index (χ0) is 16.5. The van der Waals surface area contributed by atoms with Crippen molar-refractivity contribution in [1.29, 1.82) is 0 Å². The number of rotatable bonds is 7. The van der Waals surface area contributed by atoms with Gasteiger partial charge in [-0.25, -0.2) is 9.59 Å². The minimum atomic E-state index is -0.873. The smallest absolute Gasteiger partial charge is 0.332 e. The normalized spacial score (nSPS) is 21.3. The van der Waals surface area contributed by atoms with Crippen LogP contribution in [-0.4, -0.2) is 67.4 Å². The standard InChI is InChI=1S/C14H24N2O6/c1-3-22-12(17)9-21-5-4-15-14(20)16-7-10(2)6-11(8-16)13(18)19/h10-11H,3-9H2,1-2H3,(H,15,20)(H,18,19). The van der Waals surface area contributed by atoms with E-state index in [1.54, 1.807) is 6.92 Å². The Kier molecular flexibility index (Phi) is 7.65. The molecule has 0 aliphatic carbocycles. The summed E-state index contributed by atoms with van der Waals surface area (Å²) in [4.78, 5) is 35.6. The van der Waals surface area contributed by atoms with E-state index in [2.05, 4.69) is 5.32 Å². The minimum Gasteiger partial charge on any atom is -0.481 e. The quantitative estimate of drug-likeness (QED) is 0.517. The maximum atomic E-state index is 12.0. The van der Waals surface area contributed by atoms with E-state index in [1.807, 2.05) is 6.92 Å². The zero-order valence-electron chi connectivity index (χ0n) is 13.0. The second kappa shape index (κ2) is 9.24. The van der Waals surface area contributed by atoms with Gasteiger partial charge in [-0.05, 0) is 19.3 Å². The number of carboxylic acids is 1. The fourth-order valence-corrected chi connectivity index (χ4v) is 2.40. The van der Waals surface area contributed by atoms with Gasteiger partial charge in [0.2, 0.25) is 0 Å². The largest absolute Gasteiger partial charge is 0.481 e. The summed E-state index contributed by atoms with van der Waals surface area (Å²) in [5, 5.41) is 11.7. The molecule has 1 fully saturated rings. The van der Waals surface area contributed by atoms with Crippen molar-refractivity contribution in [2.75, 3.05) is 39.5 Å². The third-order valence-electron chi connectivity index (χ3n) is 3.34. The molecule has 2 atom stereocenters. The SMILES string of the molecule is CCOC(=O)COCCNC(=O)N1CC(C)CC(C(=O)O)C1. The molecule has 1 aliphatic rings. The number of hydrogen-bond acceptors (Lipinski definition) is 5. The Bertz CT molecular complexity index is 401. The number of esters is 1. The van der Waals surface area contributed by atoms with Crippen LogP contribution in [0.1, 0.15) is 20.3 Å². The van der Waals surface area contributed by atoms with Crippen LogP contribution in [0.4, 0.5) is 4.79 Å². The summed E-state index contributed by atoms with van der Waals surface area (Å²) >= 11 is 0. The topological polar surface area (TPSA) is 105 Å². The highest BCUT2D eigenvalue weighted by Gasteiger charge is 2.31. The summed E-state index contributed by atoms with van der Waals surface area (Å²) in [6.45, 7) is 4.99. The highest BCUT2D eigenvalue weighted by Crippen LogP contribution is 2.21. The van der Waals surface area contributed by atoms with Gasteiger partial charge in [0, 0.05) is 19.6 Å². The van der Waals surface area contributed by atoms with Crippen LogP contribution in [0.3, 0.4) is 0 Å². The Balaban J connectivity index is 2.24. The number of piperidine rings is 1. The van der Waals surface area contributed by atoms with Gasteiger partial charge in [-0.15, -0.1) is 0 Å². The Hall–Kier alpha value is -1.83. The summed E-state index contributed by atoms with van der Waals surface area (Å²) in [5.74, 6) is -1.68. The van der Waals surface area contributed by atoms with Crippen molar-refractivity contribution >= 4 is 18.0 Å². The van der Waals surface area contributed by atoms with E-state index in [0.29, 0.717) is 19.6 Å². The van der Waals surface area contributed by atoms with Crippen molar-refractivity contribution < 1.29 is 29.0 Å². The predicted molar refractivity (Wildman–Crippen MR) is 77.3 cm³/mol. The maximum Gasteiger partial charge on any atom is 0.332 e. The zero-order valence-corrected chi connectivity index (χ0v) is 13.0. The van der Waals surface area contributed by atoms with Crippen LogP contribution in [0.2, 0.25) is 0 Å². The lowest BCUT2D eigenvalue weighted by Gasteiger charge is -2.34. The van der Waals surface area contributed by atoms with Gasteiger partial charge in [0.15, 0.2) is 0 Å². The molecule has 0 saturated carbocycles. The van der Waals surface area contributed by atoms with Gasteiger partial charge in [-0.3, -0.25) is 4.79 Å². The first-order valence-corrected chi connectivity index (χ1v) is 7.43. The van der Waals surface area contributed by atoms with Crippen LogP contribution in [0.25, 0.3) is 0 Å². The van der Waals surface area contributed by atoms with Crippen LogP contribution in [0, 0.1) is 11.8 Å². The van der Waals surface area contributed by atoms with Crippen molar-refractivity contribution in [3.05, 3.63) is 0 Å². The van der Waals surface area contributed by atoms with Crippen molar-refractivity contribution in [1.82, 2.24) is 10.2 Å². The van der Waals surface area contributed by atoms with Gasteiger partial charge in [0.1, 0.15) is 6.61 Å². The lowest BCUT2D eigenvalue weighted by Crippen LogP contribution is -2.50. The number of urea groups is 1. The van der Waals surface area contributed by atoms with Gasteiger partial charge in [-0.2, -0.15) is 0 Å². The number of nitrogens with zero attached hydrogens (tertiary/aromatic N) is 1. The molecule has 0 radical (unpaired) electrons. The molecule has 0 aromatic rings. The fourth-order valence-electron chi connectivity index (χ4n) is 2.40. The molecule has 1 saturated heterocycles. The number of carbonyl (C=O) groups is 3. The van der Waals surface area contributed by atoms with E-state index in [-0.39, 0.29) is 38.3 Å². The summed E-state index contributed by atoms with van der Waals surface area (Å²) in [7, 11) is 0. The van der Waals surface area contributed by atoms with Crippen LogP contribution in [0.5, 0.6) is 0 Å². The molecule has 1 aliphatic heterocycles. The lowest BCUT2D eigenvalue weighted by molar-refractivity contribution is -0.148. The fraction of sp³-hybridized carbons (Fsp3) is 0.786. The molecular weight excluding hydrogens is 292 g/mol. The summed E-state index contributed by atoms with van der Waals surface area (Å²) in [6.07, 6.45) is 0.585. The summed E-state index contributed by atoms with van der Waals surface area (Å²) in [5.41, 5.74) is 0. The molecule has 0 spiro atoms. The number of ether oxygens (including phenoxy) is 2. The van der Waals surface area contributed by atoms with Crippen molar-refractivity contribution in [2.24, 2.45) is 11.8 Å². The number of hydrogen-bond donors (Lipinski definition) is 2. The number of likely N-dealkylation sites (tertiary alicyclic amines) is 1. The molecule has 1 heterocycles. The van der Waals surface area contributed by atoms with E-state index in [0.717, 1.165) is 0 Å². The Morgan fingerprint density at radius 2 is 2.05 bits per heavy atom. The predicted octanol–water partition coefficient (Wildman–Crippen LogP) is 0.318. The highest BCUT2D eigenvalue weighted by atomic mass is 16.6. The lowest BCUT2D eigenvalue weighted by atomic mass is 9.91. The minimum absolute atomic E-state index is 0.147. The Morgan fingerprint density at radius 3 is 2.68 bits per heavy atom. The molecule has 2 unspecified atom stereocenters.